The molecule has 9 heteroatoms. The second kappa shape index (κ2) is 10.8. The van der Waals surface area contributed by atoms with E-state index in [0.717, 1.165) is 0 Å². The fourth-order valence-electron chi connectivity index (χ4n) is 2.65. The number of carbonyl (C=O) groups excluding carboxylic acids is 1. The van der Waals surface area contributed by atoms with Crippen molar-refractivity contribution < 1.29 is 17.9 Å². The second-order valence-corrected chi connectivity index (χ2v) is 8.97. The Bertz CT molecular complexity index is 930. The first-order valence-electron chi connectivity index (χ1n) is 9.25. The lowest BCUT2D eigenvalue weighted by atomic mass is 10.2. The highest BCUT2D eigenvalue weighted by Gasteiger charge is 2.21. The fourth-order valence-corrected chi connectivity index (χ4v) is 4.57. The van der Waals surface area contributed by atoms with Gasteiger partial charge < -0.3 is 10.1 Å². The normalized spacial score (nSPS) is 11.5. The molecule has 2 rings (SSSR count). The van der Waals surface area contributed by atoms with Crippen LogP contribution in [-0.4, -0.2) is 38.3 Å². The first kappa shape index (κ1) is 23.5. The summed E-state index contributed by atoms with van der Waals surface area (Å²) in [5.41, 5.74) is 0.537. The van der Waals surface area contributed by atoms with E-state index in [9.17, 15) is 13.2 Å². The zero-order chi connectivity index (χ0) is 21.4. The number of benzene rings is 2. The Hall–Kier alpha value is -1.80. The van der Waals surface area contributed by atoms with Crippen LogP contribution in [0.3, 0.4) is 0 Å². The number of anilines is 1. The Morgan fingerprint density at radius 1 is 1.07 bits per heavy atom. The highest BCUT2D eigenvalue weighted by molar-refractivity contribution is 7.89. The third-order valence-electron chi connectivity index (χ3n) is 4.18. The lowest BCUT2D eigenvalue weighted by Gasteiger charge is -2.18. The summed E-state index contributed by atoms with van der Waals surface area (Å²) in [5.74, 6) is 0.330. The molecule has 0 atom stereocenters. The molecule has 0 aromatic heterocycles. The molecular weight excluding hydrogens is 435 g/mol. The van der Waals surface area contributed by atoms with Crippen LogP contribution in [0.4, 0.5) is 5.69 Å². The highest BCUT2D eigenvalue weighted by Crippen LogP contribution is 2.27. The SMILES string of the molecule is CCN(CC)S(=O)(=O)c1ccc(NC(=O)CCCOc2ccc(Cl)cc2Cl)cc1. The maximum absolute atomic E-state index is 12.5. The first-order valence-corrected chi connectivity index (χ1v) is 11.5. The molecule has 2 aromatic rings. The zero-order valence-electron chi connectivity index (χ0n) is 16.3. The minimum absolute atomic E-state index is 0.185. The molecule has 0 aliphatic heterocycles. The highest BCUT2D eigenvalue weighted by atomic mass is 35.5. The van der Waals surface area contributed by atoms with Crippen molar-refractivity contribution in [3.8, 4) is 5.75 Å². The lowest BCUT2D eigenvalue weighted by Crippen LogP contribution is -2.30. The van der Waals surface area contributed by atoms with Crippen LogP contribution in [0.1, 0.15) is 26.7 Å². The Morgan fingerprint density at radius 3 is 2.31 bits per heavy atom. The molecule has 0 bridgehead atoms. The number of nitrogens with zero attached hydrogens (tertiary/aromatic N) is 1. The van der Waals surface area contributed by atoms with Crippen molar-refractivity contribution in [3.63, 3.8) is 0 Å². The maximum Gasteiger partial charge on any atom is 0.243 e. The van der Waals surface area contributed by atoms with Gasteiger partial charge in [0.25, 0.3) is 0 Å². The van der Waals surface area contributed by atoms with Crippen LogP contribution in [0.5, 0.6) is 5.75 Å². The Labute approximate surface area is 181 Å². The molecule has 1 amide bonds. The molecule has 158 valence electrons. The summed E-state index contributed by atoms with van der Waals surface area (Å²) >= 11 is 11.9. The number of halogens is 2. The van der Waals surface area contributed by atoms with Gasteiger partial charge in [-0.15, -0.1) is 0 Å². The monoisotopic (exact) mass is 458 g/mol. The molecule has 0 saturated heterocycles. The van der Waals surface area contributed by atoms with Crippen molar-refractivity contribution in [3.05, 3.63) is 52.5 Å². The number of ether oxygens (including phenoxy) is 1. The van der Waals surface area contributed by atoms with Gasteiger partial charge in [-0.1, -0.05) is 37.0 Å². The second-order valence-electron chi connectivity index (χ2n) is 6.19. The van der Waals surface area contributed by atoms with E-state index in [-0.39, 0.29) is 17.2 Å². The van der Waals surface area contributed by atoms with Gasteiger partial charge in [-0.25, -0.2) is 8.42 Å². The third-order valence-corrected chi connectivity index (χ3v) is 6.78. The molecule has 0 heterocycles. The minimum Gasteiger partial charge on any atom is -0.492 e. The van der Waals surface area contributed by atoms with Gasteiger partial charge in [0.05, 0.1) is 16.5 Å². The summed E-state index contributed by atoms with van der Waals surface area (Å²) in [4.78, 5) is 12.3. The summed E-state index contributed by atoms with van der Waals surface area (Å²) in [5, 5.41) is 3.69. The predicted molar refractivity (Wildman–Crippen MR) is 116 cm³/mol. The quantitative estimate of drug-likeness (QED) is 0.517. The van der Waals surface area contributed by atoms with Crippen molar-refractivity contribution in [2.24, 2.45) is 0 Å². The Morgan fingerprint density at radius 2 is 1.72 bits per heavy atom. The summed E-state index contributed by atoms with van der Waals surface area (Å²) in [6.45, 7) is 4.72. The van der Waals surface area contributed by atoms with Crippen LogP contribution in [0.25, 0.3) is 0 Å². The van der Waals surface area contributed by atoms with E-state index in [1.165, 1.54) is 16.4 Å². The first-order chi connectivity index (χ1) is 13.8. The van der Waals surface area contributed by atoms with Crippen molar-refractivity contribution >= 4 is 44.8 Å². The molecular formula is C20H24Cl2N2O4S. The Kier molecular flexibility index (Phi) is 8.77. The van der Waals surface area contributed by atoms with Crippen molar-refractivity contribution in [2.75, 3.05) is 25.0 Å². The zero-order valence-corrected chi connectivity index (χ0v) is 18.6. The van der Waals surface area contributed by atoms with E-state index in [1.54, 1.807) is 44.2 Å². The van der Waals surface area contributed by atoms with Gasteiger partial charge in [-0.3, -0.25) is 4.79 Å². The number of nitrogens with one attached hydrogen (secondary N) is 1. The smallest absolute Gasteiger partial charge is 0.243 e. The Balaban J connectivity index is 1.83. The van der Waals surface area contributed by atoms with Crippen LogP contribution in [0, 0.1) is 0 Å². The summed E-state index contributed by atoms with van der Waals surface area (Å²) in [7, 11) is -3.51. The fraction of sp³-hybridized carbons (Fsp3) is 0.350. The summed E-state index contributed by atoms with van der Waals surface area (Å²) < 4.78 is 31.9. The van der Waals surface area contributed by atoms with E-state index in [1.807, 2.05) is 0 Å². The van der Waals surface area contributed by atoms with Gasteiger partial charge in [0.2, 0.25) is 15.9 Å². The minimum atomic E-state index is -3.51. The van der Waals surface area contributed by atoms with E-state index in [0.29, 0.717) is 47.6 Å². The van der Waals surface area contributed by atoms with Crippen LogP contribution in [-0.2, 0) is 14.8 Å². The van der Waals surface area contributed by atoms with Crippen LogP contribution in [0.2, 0.25) is 10.0 Å². The molecule has 0 radical (unpaired) electrons. The van der Waals surface area contributed by atoms with E-state index < -0.39 is 10.0 Å². The van der Waals surface area contributed by atoms with Gasteiger partial charge in [-0.2, -0.15) is 4.31 Å². The van der Waals surface area contributed by atoms with E-state index in [2.05, 4.69) is 5.32 Å². The van der Waals surface area contributed by atoms with Gasteiger partial charge in [0.1, 0.15) is 5.75 Å². The summed E-state index contributed by atoms with van der Waals surface area (Å²) in [6, 6.07) is 11.1. The van der Waals surface area contributed by atoms with E-state index >= 15 is 0 Å². The lowest BCUT2D eigenvalue weighted by molar-refractivity contribution is -0.116. The van der Waals surface area contributed by atoms with Crippen LogP contribution >= 0.6 is 23.2 Å². The van der Waals surface area contributed by atoms with Gasteiger partial charge in [-0.05, 0) is 48.9 Å². The standard InChI is InChI=1S/C20H24Cl2N2O4S/c1-3-24(4-2)29(26,27)17-10-8-16(9-11-17)23-20(25)6-5-13-28-19-12-7-15(21)14-18(19)22/h7-12,14H,3-6,13H2,1-2H3,(H,23,25). The van der Waals surface area contributed by atoms with Gasteiger partial charge in [0.15, 0.2) is 0 Å². The average molecular weight is 459 g/mol. The van der Waals surface area contributed by atoms with Crippen molar-refractivity contribution in [1.82, 2.24) is 4.31 Å². The third kappa shape index (κ3) is 6.60. The number of hydrogen-bond donors (Lipinski definition) is 1. The molecule has 2 aromatic carbocycles. The molecule has 0 fully saturated rings. The van der Waals surface area contributed by atoms with E-state index in [4.69, 9.17) is 27.9 Å². The van der Waals surface area contributed by atoms with Crippen molar-refractivity contribution in [2.45, 2.75) is 31.6 Å². The number of sulfonamides is 1. The van der Waals surface area contributed by atoms with Crippen LogP contribution < -0.4 is 10.1 Å². The molecule has 0 unspecified atom stereocenters. The molecule has 0 saturated carbocycles. The number of amides is 1. The molecule has 6 nitrogen and oxygen atoms in total. The predicted octanol–water partition coefficient (Wildman–Crippen LogP) is 4.82. The van der Waals surface area contributed by atoms with Crippen LogP contribution in [0.15, 0.2) is 47.4 Å². The largest absolute Gasteiger partial charge is 0.492 e. The molecule has 0 aliphatic rings. The van der Waals surface area contributed by atoms with Gasteiger partial charge >= 0.3 is 0 Å². The maximum atomic E-state index is 12.5. The molecule has 29 heavy (non-hydrogen) atoms. The van der Waals surface area contributed by atoms with Crippen molar-refractivity contribution in [1.29, 1.82) is 0 Å². The average Bonchev–Trinajstić information content (AvgIpc) is 2.68. The van der Waals surface area contributed by atoms with Gasteiger partial charge in [0, 0.05) is 30.2 Å². The topological polar surface area (TPSA) is 75.7 Å². The molecule has 0 spiro atoms. The number of rotatable bonds is 10. The number of carbonyl (C=O) groups is 1. The molecule has 1 N–H and O–H groups in total. The summed E-state index contributed by atoms with van der Waals surface area (Å²) in [6.07, 6.45) is 0.754. The molecule has 0 aliphatic carbocycles. The number of hydrogen-bond acceptors (Lipinski definition) is 4.